The van der Waals surface area contributed by atoms with Crippen molar-refractivity contribution in [3.8, 4) is 0 Å². The maximum atomic E-state index is 6.43. The minimum absolute atomic E-state index is 0.598. The van der Waals surface area contributed by atoms with Gasteiger partial charge in [-0.05, 0) is 53.1 Å². The monoisotopic (exact) mass is 341 g/mol. The predicted octanol–water partition coefficient (Wildman–Crippen LogP) is 3.70. The summed E-state index contributed by atoms with van der Waals surface area (Å²) in [6.07, 6.45) is 7.64. The Kier molecular flexibility index (Phi) is 4.37. The van der Waals surface area contributed by atoms with Crippen LogP contribution in [0.5, 0.6) is 0 Å². The molecule has 1 aliphatic carbocycles. The molecule has 4 heteroatoms. The van der Waals surface area contributed by atoms with Crippen molar-refractivity contribution in [3.63, 3.8) is 0 Å². The van der Waals surface area contributed by atoms with Gasteiger partial charge in [0.05, 0.1) is 0 Å². The smallest absolute Gasteiger partial charge is 0.196 e. The summed E-state index contributed by atoms with van der Waals surface area (Å²) >= 11 is 12.9. The third-order valence-electron chi connectivity index (χ3n) is 3.61. The van der Waals surface area contributed by atoms with Crippen LogP contribution in [0.1, 0.15) is 11.1 Å². The molecule has 0 unspecified atom stereocenters. The first-order chi connectivity index (χ1) is 11.1. The molecule has 0 aromatic heterocycles. The van der Waals surface area contributed by atoms with Crippen LogP contribution >= 0.6 is 23.2 Å². The average molecular weight is 342 g/mol. The van der Waals surface area contributed by atoms with Crippen LogP contribution in [0, 0.1) is 0 Å². The third kappa shape index (κ3) is 3.24. The molecule has 0 atom stereocenters. The average Bonchev–Trinajstić information content (AvgIpc) is 2.53. The van der Waals surface area contributed by atoms with Gasteiger partial charge in [0.25, 0.3) is 0 Å². The van der Waals surface area contributed by atoms with Crippen LogP contribution < -0.4 is 11.1 Å². The highest BCUT2D eigenvalue weighted by Gasteiger charge is 2.17. The molecule has 0 heterocycles. The lowest BCUT2D eigenvalue weighted by molar-refractivity contribution is -0.110. The lowest BCUT2D eigenvalue weighted by atomic mass is 9.90. The van der Waals surface area contributed by atoms with Gasteiger partial charge in [0.15, 0.2) is 5.71 Å². The van der Waals surface area contributed by atoms with Crippen molar-refractivity contribution in [2.24, 2.45) is 0 Å². The Morgan fingerprint density at radius 2 is 1.39 bits per heavy atom. The summed E-state index contributed by atoms with van der Waals surface area (Å²) in [4.78, 5) is 0. The van der Waals surface area contributed by atoms with Gasteiger partial charge in [-0.25, -0.2) is 0 Å². The number of nitrogens with two attached hydrogens (primary N) is 2. The summed E-state index contributed by atoms with van der Waals surface area (Å²) in [6.45, 7) is 0. The van der Waals surface area contributed by atoms with Crippen molar-refractivity contribution >= 4 is 40.2 Å². The van der Waals surface area contributed by atoms with E-state index in [9.17, 15) is 0 Å². The number of nitrogen functional groups attached to an aromatic ring is 1. The first kappa shape index (κ1) is 15.6. The van der Waals surface area contributed by atoms with Crippen LogP contribution in [-0.2, 0) is 0 Å². The predicted molar refractivity (Wildman–Crippen MR) is 98.6 cm³/mol. The maximum Gasteiger partial charge on any atom is 0.196 e. The van der Waals surface area contributed by atoms with E-state index in [-0.39, 0.29) is 0 Å². The van der Waals surface area contributed by atoms with Gasteiger partial charge < -0.3 is 5.73 Å². The summed E-state index contributed by atoms with van der Waals surface area (Å²) in [5, 5.41) is 7.00. The molecular formula is C19H15Cl2N2+. The molecule has 0 fully saturated rings. The van der Waals surface area contributed by atoms with E-state index in [0.29, 0.717) is 21.4 Å². The number of rotatable bonds is 2. The Bertz CT molecular complexity index is 821. The molecule has 0 amide bonds. The van der Waals surface area contributed by atoms with E-state index in [2.05, 4.69) is 0 Å². The highest BCUT2D eigenvalue weighted by molar-refractivity contribution is 6.38. The molecular weight excluding hydrogens is 327 g/mol. The number of hydrogen-bond acceptors (Lipinski definition) is 1. The lowest BCUT2D eigenvalue weighted by Gasteiger charge is -2.16. The van der Waals surface area contributed by atoms with Crippen molar-refractivity contribution in [1.29, 1.82) is 0 Å². The highest BCUT2D eigenvalue weighted by Crippen LogP contribution is 2.38. The molecule has 2 nitrogen and oxygen atoms in total. The molecule has 0 bridgehead atoms. The van der Waals surface area contributed by atoms with Crippen LogP contribution in [-0.4, -0.2) is 5.71 Å². The number of hydrogen-bond donors (Lipinski definition) is 2. The molecule has 0 spiro atoms. The van der Waals surface area contributed by atoms with Gasteiger partial charge in [-0.15, -0.1) is 0 Å². The van der Waals surface area contributed by atoms with Crippen molar-refractivity contribution in [2.75, 3.05) is 5.73 Å². The molecule has 114 valence electrons. The molecule has 0 saturated carbocycles. The summed E-state index contributed by atoms with van der Waals surface area (Å²) in [5.74, 6) is 0. The quantitative estimate of drug-likeness (QED) is 0.804. The highest BCUT2D eigenvalue weighted by atomic mass is 35.5. The van der Waals surface area contributed by atoms with Crippen molar-refractivity contribution < 1.29 is 5.41 Å². The van der Waals surface area contributed by atoms with Crippen molar-refractivity contribution in [3.05, 3.63) is 93.5 Å². The van der Waals surface area contributed by atoms with E-state index in [1.165, 1.54) is 0 Å². The minimum Gasteiger partial charge on any atom is -0.399 e. The SMILES string of the molecule is Nc1ccc(C(=C2C=CC(=[NH2+])C=C2)c2c(Cl)cccc2Cl)cc1. The van der Waals surface area contributed by atoms with Gasteiger partial charge >= 0.3 is 0 Å². The minimum atomic E-state index is 0.598. The molecule has 0 aliphatic heterocycles. The first-order valence-electron chi connectivity index (χ1n) is 7.09. The topological polar surface area (TPSA) is 51.6 Å². The third-order valence-corrected chi connectivity index (χ3v) is 4.24. The molecule has 0 radical (unpaired) electrons. The maximum absolute atomic E-state index is 6.43. The molecule has 2 aromatic carbocycles. The van der Waals surface area contributed by atoms with E-state index < -0.39 is 0 Å². The Morgan fingerprint density at radius 3 is 1.96 bits per heavy atom. The van der Waals surface area contributed by atoms with E-state index in [4.69, 9.17) is 34.3 Å². The second-order valence-electron chi connectivity index (χ2n) is 5.22. The first-order valence-corrected chi connectivity index (χ1v) is 7.85. The molecule has 2 aromatic rings. The van der Waals surface area contributed by atoms with E-state index in [1.54, 1.807) is 0 Å². The normalized spacial score (nSPS) is 13.5. The zero-order valence-electron chi connectivity index (χ0n) is 12.3. The van der Waals surface area contributed by atoms with E-state index >= 15 is 0 Å². The van der Waals surface area contributed by atoms with Gasteiger partial charge in [-0.3, -0.25) is 5.41 Å². The van der Waals surface area contributed by atoms with Crippen LogP contribution in [0.4, 0.5) is 5.69 Å². The van der Waals surface area contributed by atoms with Gasteiger partial charge in [-0.2, -0.15) is 0 Å². The standard InChI is InChI=1S/C19H14Cl2N2/c20-16-2-1-3-17(21)19(16)18(12-4-8-14(22)9-5-12)13-6-10-15(23)11-7-13/h1-11,22H,23H2/p+1. The Morgan fingerprint density at radius 1 is 0.826 bits per heavy atom. The Balaban J connectivity index is 2.29. The number of halogens is 2. The van der Waals surface area contributed by atoms with Gasteiger partial charge in [0.2, 0.25) is 0 Å². The second-order valence-corrected chi connectivity index (χ2v) is 6.03. The van der Waals surface area contributed by atoms with Gasteiger partial charge in [-0.1, -0.05) is 41.4 Å². The van der Waals surface area contributed by atoms with E-state index in [0.717, 1.165) is 22.3 Å². The van der Waals surface area contributed by atoms with Crippen molar-refractivity contribution in [2.45, 2.75) is 0 Å². The fourth-order valence-corrected chi connectivity index (χ4v) is 3.08. The summed E-state index contributed by atoms with van der Waals surface area (Å²) in [5.41, 5.74) is 10.9. The van der Waals surface area contributed by atoms with Gasteiger partial charge in [0.1, 0.15) is 0 Å². The Hall–Kier alpha value is -2.29. The molecule has 23 heavy (non-hydrogen) atoms. The number of anilines is 1. The Labute approximate surface area is 145 Å². The van der Waals surface area contributed by atoms with Gasteiger partial charge in [0, 0.05) is 33.4 Å². The summed E-state index contributed by atoms with van der Waals surface area (Å²) in [7, 11) is 0. The summed E-state index contributed by atoms with van der Waals surface area (Å²) in [6, 6.07) is 13.1. The fraction of sp³-hybridized carbons (Fsp3) is 0. The molecule has 1 aliphatic rings. The van der Waals surface area contributed by atoms with Crippen LogP contribution in [0.25, 0.3) is 5.57 Å². The molecule has 3 rings (SSSR count). The van der Waals surface area contributed by atoms with Crippen LogP contribution in [0.15, 0.2) is 72.3 Å². The zero-order valence-corrected chi connectivity index (χ0v) is 13.8. The van der Waals surface area contributed by atoms with Crippen LogP contribution in [0.3, 0.4) is 0 Å². The van der Waals surface area contributed by atoms with E-state index in [1.807, 2.05) is 66.8 Å². The zero-order chi connectivity index (χ0) is 16.4. The second kappa shape index (κ2) is 6.45. The fourth-order valence-electron chi connectivity index (χ4n) is 2.49. The number of benzene rings is 2. The van der Waals surface area contributed by atoms with Crippen molar-refractivity contribution in [1.82, 2.24) is 0 Å². The molecule has 0 saturated heterocycles. The lowest BCUT2D eigenvalue weighted by Crippen LogP contribution is -2.37. The molecule has 4 N–H and O–H groups in total. The summed E-state index contributed by atoms with van der Waals surface area (Å²) < 4.78 is 0. The number of allylic oxidation sites excluding steroid dienone is 5. The van der Waals surface area contributed by atoms with Crippen LogP contribution in [0.2, 0.25) is 10.0 Å². The largest absolute Gasteiger partial charge is 0.399 e.